The lowest BCUT2D eigenvalue weighted by molar-refractivity contribution is -0.208. The van der Waals surface area contributed by atoms with E-state index in [4.69, 9.17) is 23.7 Å². The number of ether oxygens (including phenoxy) is 5. The van der Waals surface area contributed by atoms with Gasteiger partial charge in [0.15, 0.2) is 23.6 Å². The number of hydrogen-bond donors (Lipinski definition) is 3. The molecule has 0 radical (unpaired) electrons. The Labute approximate surface area is 199 Å². The molecule has 0 spiro atoms. The van der Waals surface area contributed by atoms with E-state index < -0.39 is 47.4 Å². The third-order valence-electron chi connectivity index (χ3n) is 6.53. The van der Waals surface area contributed by atoms with Crippen LogP contribution >= 0.6 is 0 Å². The Hall–Kier alpha value is -3.67. The van der Waals surface area contributed by atoms with Crippen molar-refractivity contribution < 1.29 is 53.4 Å². The van der Waals surface area contributed by atoms with Crippen LogP contribution in [-0.2, 0) is 23.7 Å². The number of aliphatic hydroxyl groups excluding tert-OH is 1. The predicted molar refractivity (Wildman–Crippen MR) is 118 cm³/mol. The highest BCUT2D eigenvalue weighted by atomic mass is 16.6. The van der Waals surface area contributed by atoms with Gasteiger partial charge in [-0.15, -0.1) is 0 Å². The number of cyclic esters (lactones) is 1. The van der Waals surface area contributed by atoms with E-state index in [2.05, 4.69) is 0 Å². The van der Waals surface area contributed by atoms with Crippen LogP contribution in [0.2, 0.25) is 0 Å². The van der Waals surface area contributed by atoms with Gasteiger partial charge in [-0.2, -0.15) is 0 Å². The standard InChI is InChI=1S/C24H24O11/c1-9-15-10(7-13(31-2)16(9)22(28)34-5)6-11-17(18(15)26)23(29)35-20(11)24(30)19(27)14(32-3)8-12(25)21(24)33-4/h6-8,19-21,26-27,30H,1-5H3/t19-,20-,21+,24-/m1/s1. The Balaban J connectivity index is 2.01. The van der Waals surface area contributed by atoms with Crippen LogP contribution in [0.5, 0.6) is 11.5 Å². The summed E-state index contributed by atoms with van der Waals surface area (Å²) in [5, 5.41) is 34.2. The van der Waals surface area contributed by atoms with Crippen LogP contribution in [0.15, 0.2) is 24.0 Å². The molecule has 1 aliphatic carbocycles. The topological polar surface area (TPSA) is 158 Å². The lowest BCUT2D eigenvalue weighted by Gasteiger charge is -2.43. The summed E-state index contributed by atoms with van der Waals surface area (Å²) in [4.78, 5) is 37.9. The molecule has 2 aliphatic rings. The summed E-state index contributed by atoms with van der Waals surface area (Å²) in [5.41, 5.74) is -2.43. The maximum atomic E-state index is 12.9. The van der Waals surface area contributed by atoms with E-state index in [-0.39, 0.29) is 39.1 Å². The highest BCUT2D eigenvalue weighted by Gasteiger charge is 2.61. The van der Waals surface area contributed by atoms with Crippen molar-refractivity contribution in [2.24, 2.45) is 0 Å². The van der Waals surface area contributed by atoms with Crippen LogP contribution in [0.4, 0.5) is 0 Å². The minimum atomic E-state index is -2.49. The first-order valence-corrected chi connectivity index (χ1v) is 10.5. The monoisotopic (exact) mass is 488 g/mol. The number of methoxy groups -OCH3 is 4. The van der Waals surface area contributed by atoms with Crippen molar-refractivity contribution in [2.75, 3.05) is 28.4 Å². The average molecular weight is 488 g/mol. The zero-order valence-electron chi connectivity index (χ0n) is 19.6. The fourth-order valence-corrected chi connectivity index (χ4v) is 4.90. The number of benzene rings is 2. The number of fused-ring (bicyclic) bond motifs is 2. The second-order valence-electron chi connectivity index (χ2n) is 8.20. The van der Waals surface area contributed by atoms with Crippen molar-refractivity contribution in [3.63, 3.8) is 0 Å². The molecule has 3 N–H and O–H groups in total. The van der Waals surface area contributed by atoms with Gasteiger partial charge in [0.1, 0.15) is 34.5 Å². The molecule has 0 saturated carbocycles. The van der Waals surface area contributed by atoms with Crippen molar-refractivity contribution in [2.45, 2.75) is 30.8 Å². The highest BCUT2D eigenvalue weighted by molar-refractivity contribution is 6.09. The van der Waals surface area contributed by atoms with Gasteiger partial charge in [-0.3, -0.25) is 4.79 Å². The number of phenolic OH excluding ortho intramolecular Hbond substituents is 1. The molecule has 0 amide bonds. The third kappa shape index (κ3) is 3.27. The third-order valence-corrected chi connectivity index (χ3v) is 6.53. The van der Waals surface area contributed by atoms with Gasteiger partial charge in [-0.1, -0.05) is 0 Å². The minimum absolute atomic E-state index is 0.000948. The fraction of sp³-hybridized carbons (Fsp3) is 0.375. The molecule has 0 fully saturated rings. The van der Waals surface area contributed by atoms with Crippen molar-refractivity contribution in [3.8, 4) is 11.5 Å². The first-order chi connectivity index (χ1) is 16.6. The van der Waals surface area contributed by atoms with E-state index in [1.54, 1.807) is 6.92 Å². The number of esters is 2. The lowest BCUT2D eigenvalue weighted by atomic mass is 9.75. The highest BCUT2D eigenvalue weighted by Crippen LogP contribution is 2.50. The lowest BCUT2D eigenvalue weighted by Crippen LogP contribution is -2.62. The Morgan fingerprint density at radius 1 is 1.11 bits per heavy atom. The number of carbonyl (C=O) groups is 3. The first-order valence-electron chi connectivity index (χ1n) is 10.5. The van der Waals surface area contributed by atoms with E-state index >= 15 is 0 Å². The Kier molecular flexibility index (Phi) is 5.95. The summed E-state index contributed by atoms with van der Waals surface area (Å²) in [5.74, 6) is -3.04. The molecule has 1 aliphatic heterocycles. The van der Waals surface area contributed by atoms with Gasteiger partial charge in [-0.25, -0.2) is 9.59 Å². The maximum absolute atomic E-state index is 12.9. The van der Waals surface area contributed by atoms with Gasteiger partial charge in [0.05, 0.1) is 21.3 Å². The molecule has 2 aromatic carbocycles. The van der Waals surface area contributed by atoms with E-state index in [1.807, 2.05) is 0 Å². The van der Waals surface area contributed by atoms with Crippen LogP contribution in [-0.4, -0.2) is 79.3 Å². The second kappa shape index (κ2) is 8.52. The van der Waals surface area contributed by atoms with Crippen LogP contribution < -0.4 is 4.74 Å². The van der Waals surface area contributed by atoms with Gasteiger partial charge in [0.2, 0.25) is 0 Å². The van der Waals surface area contributed by atoms with Crippen molar-refractivity contribution in [1.82, 2.24) is 0 Å². The number of aryl methyl sites for hydroxylation is 1. The number of phenols is 1. The summed E-state index contributed by atoms with van der Waals surface area (Å²) in [6.07, 6.45) is -4.05. The molecule has 35 heavy (non-hydrogen) atoms. The van der Waals surface area contributed by atoms with Crippen LogP contribution in [0.25, 0.3) is 10.8 Å². The Morgan fingerprint density at radius 2 is 1.80 bits per heavy atom. The predicted octanol–water partition coefficient (Wildman–Crippen LogP) is 1.08. The normalized spacial score (nSPS) is 25.7. The van der Waals surface area contributed by atoms with Gasteiger partial charge < -0.3 is 39.0 Å². The number of aliphatic hydroxyl groups is 2. The van der Waals surface area contributed by atoms with Crippen LogP contribution in [0.3, 0.4) is 0 Å². The summed E-state index contributed by atoms with van der Waals surface area (Å²) in [6.45, 7) is 1.55. The quantitative estimate of drug-likeness (QED) is 0.517. The zero-order chi connectivity index (χ0) is 25.8. The van der Waals surface area contributed by atoms with E-state index in [0.717, 1.165) is 13.2 Å². The van der Waals surface area contributed by atoms with Gasteiger partial charge >= 0.3 is 11.9 Å². The largest absolute Gasteiger partial charge is 0.506 e. The SMILES string of the molecule is COC(=O)c1c(OC)cc2cc3c(c(O)c2c1C)C(=O)O[C@H]3[C@]1(O)[C@H](O)C(OC)=CC(=O)[C@@H]1OC. The summed E-state index contributed by atoms with van der Waals surface area (Å²) >= 11 is 0. The molecule has 11 nitrogen and oxygen atoms in total. The Bertz CT molecular complexity index is 1290. The summed E-state index contributed by atoms with van der Waals surface area (Å²) in [7, 11) is 4.91. The molecule has 186 valence electrons. The number of aromatic hydroxyl groups is 1. The molecule has 0 saturated heterocycles. The van der Waals surface area contributed by atoms with Crippen LogP contribution in [0.1, 0.15) is 37.9 Å². The van der Waals surface area contributed by atoms with Crippen molar-refractivity contribution in [1.29, 1.82) is 0 Å². The smallest absolute Gasteiger partial charge is 0.343 e. The van der Waals surface area contributed by atoms with Crippen LogP contribution in [0, 0.1) is 6.92 Å². The molecule has 0 bridgehead atoms. The van der Waals surface area contributed by atoms with Gasteiger partial charge in [0, 0.05) is 24.1 Å². The number of ketones is 1. The molecule has 4 atom stereocenters. The fourth-order valence-electron chi connectivity index (χ4n) is 4.90. The average Bonchev–Trinajstić information content (AvgIpc) is 3.17. The van der Waals surface area contributed by atoms with Crippen molar-refractivity contribution in [3.05, 3.63) is 46.2 Å². The number of rotatable bonds is 5. The number of hydrogen-bond acceptors (Lipinski definition) is 11. The van der Waals surface area contributed by atoms with Gasteiger partial charge in [0.25, 0.3) is 0 Å². The molecular formula is C24H24O11. The molecule has 0 aromatic heterocycles. The molecule has 2 aromatic rings. The summed E-state index contributed by atoms with van der Waals surface area (Å²) in [6, 6.07) is 2.90. The van der Waals surface area contributed by atoms with Gasteiger partial charge in [-0.05, 0) is 30.0 Å². The van der Waals surface area contributed by atoms with E-state index in [1.165, 1.54) is 33.5 Å². The van der Waals surface area contributed by atoms with E-state index in [0.29, 0.717) is 5.39 Å². The van der Waals surface area contributed by atoms with E-state index in [9.17, 15) is 29.7 Å². The maximum Gasteiger partial charge on any atom is 0.343 e. The molecule has 4 rings (SSSR count). The zero-order valence-corrected chi connectivity index (χ0v) is 19.6. The number of carbonyl (C=O) groups excluding carboxylic acids is 3. The summed E-state index contributed by atoms with van der Waals surface area (Å²) < 4.78 is 25.8. The first kappa shape index (κ1) is 24.5. The minimum Gasteiger partial charge on any atom is -0.506 e. The Morgan fingerprint density at radius 3 is 2.37 bits per heavy atom. The molecular weight excluding hydrogens is 464 g/mol. The molecule has 1 heterocycles. The molecule has 11 heteroatoms. The van der Waals surface area contributed by atoms with Crippen molar-refractivity contribution >= 4 is 28.5 Å². The molecule has 0 unspecified atom stereocenters. The second-order valence-corrected chi connectivity index (χ2v) is 8.20.